The molecule has 0 spiro atoms. The Morgan fingerprint density at radius 1 is 0.398 bits per heavy atom. The molecule has 2 aromatic heterocycles. The molecule has 3 aliphatic carbocycles. The third-order valence-electron chi connectivity index (χ3n) is 22.6. The van der Waals surface area contributed by atoms with E-state index in [4.69, 9.17) is 8.83 Å². The molecular formula is C82H84BN3O2. The maximum atomic E-state index is 7.41. The minimum absolute atomic E-state index is 0.00912. The van der Waals surface area contributed by atoms with Gasteiger partial charge in [0.1, 0.15) is 22.3 Å². The molecule has 6 heteroatoms. The molecule has 9 aromatic carbocycles. The fourth-order valence-corrected chi connectivity index (χ4v) is 16.8. The number of fused-ring (bicyclic) bond motifs is 14. The number of anilines is 8. The van der Waals surface area contributed by atoms with Crippen LogP contribution in [0.25, 0.3) is 55.0 Å². The molecule has 0 fully saturated rings. The van der Waals surface area contributed by atoms with E-state index in [0.717, 1.165) is 111 Å². The van der Waals surface area contributed by atoms with E-state index in [1.807, 2.05) is 0 Å². The van der Waals surface area contributed by atoms with Crippen molar-refractivity contribution in [1.82, 2.24) is 0 Å². The molecule has 11 aromatic rings. The van der Waals surface area contributed by atoms with Crippen LogP contribution in [-0.2, 0) is 37.9 Å². The van der Waals surface area contributed by atoms with Crippen LogP contribution in [0.4, 0.5) is 45.5 Å². The molecule has 5 nitrogen and oxygen atoms in total. The Morgan fingerprint density at radius 3 is 1.51 bits per heavy atom. The van der Waals surface area contributed by atoms with Gasteiger partial charge in [-0.2, -0.15) is 0 Å². The van der Waals surface area contributed by atoms with Crippen LogP contribution in [0.2, 0.25) is 0 Å². The van der Waals surface area contributed by atoms with E-state index in [1.165, 1.54) is 78.2 Å². The van der Waals surface area contributed by atoms with Crippen molar-refractivity contribution in [2.75, 3.05) is 14.6 Å². The van der Waals surface area contributed by atoms with Gasteiger partial charge in [-0.15, -0.1) is 0 Å². The average molecular weight is 1150 g/mol. The second-order valence-corrected chi connectivity index (χ2v) is 32.1. The summed E-state index contributed by atoms with van der Waals surface area (Å²) in [7, 11) is 0. The van der Waals surface area contributed by atoms with Crippen molar-refractivity contribution in [2.24, 2.45) is 0 Å². The van der Waals surface area contributed by atoms with Crippen LogP contribution in [0.5, 0.6) is 0 Å². The Hall–Kier alpha value is -7.96. The Balaban J connectivity index is 1.07. The number of hydrogen-bond acceptors (Lipinski definition) is 5. The second-order valence-electron chi connectivity index (χ2n) is 32.1. The van der Waals surface area contributed by atoms with Crippen molar-refractivity contribution in [2.45, 2.75) is 180 Å². The highest BCUT2D eigenvalue weighted by molar-refractivity contribution is 6.93. The van der Waals surface area contributed by atoms with Gasteiger partial charge >= 0.3 is 6.85 Å². The topological polar surface area (TPSA) is 36.0 Å². The first-order valence-corrected chi connectivity index (χ1v) is 32.7. The summed E-state index contributed by atoms with van der Waals surface area (Å²) >= 11 is 0. The molecule has 0 saturated carbocycles. The largest absolute Gasteiger partial charge is 0.456 e. The molecule has 442 valence electrons. The Morgan fingerprint density at radius 2 is 0.898 bits per heavy atom. The normalized spacial score (nSPS) is 18.8. The van der Waals surface area contributed by atoms with Gasteiger partial charge in [0.2, 0.25) is 0 Å². The first-order chi connectivity index (χ1) is 41.7. The lowest BCUT2D eigenvalue weighted by atomic mass is 9.42. The van der Waals surface area contributed by atoms with E-state index in [2.05, 4.69) is 282 Å². The smallest absolute Gasteiger partial charge is 0.333 e. The molecule has 88 heavy (non-hydrogen) atoms. The van der Waals surface area contributed by atoms with Gasteiger partial charge in [-0.1, -0.05) is 171 Å². The third-order valence-corrected chi connectivity index (χ3v) is 22.6. The number of para-hydroxylation sites is 2. The van der Waals surface area contributed by atoms with Crippen LogP contribution in [0.15, 0.2) is 173 Å². The average Bonchev–Trinajstić information content (AvgIpc) is 0.948. The molecule has 0 radical (unpaired) electrons. The van der Waals surface area contributed by atoms with Gasteiger partial charge < -0.3 is 23.4 Å². The quantitative estimate of drug-likeness (QED) is 0.161. The van der Waals surface area contributed by atoms with Gasteiger partial charge in [-0.3, -0.25) is 0 Å². The molecule has 5 aliphatic rings. The summed E-state index contributed by atoms with van der Waals surface area (Å²) in [6.07, 6.45) is 6.82. The zero-order chi connectivity index (χ0) is 61.1. The summed E-state index contributed by atoms with van der Waals surface area (Å²) in [6, 6.07) is 63.6. The van der Waals surface area contributed by atoms with Crippen molar-refractivity contribution in [3.8, 4) is 11.1 Å². The molecule has 4 heterocycles. The monoisotopic (exact) mass is 1150 g/mol. The fraction of sp³-hybridized carbons (Fsp3) is 0.341. The van der Waals surface area contributed by atoms with Gasteiger partial charge in [0.15, 0.2) is 0 Å². The van der Waals surface area contributed by atoms with Crippen molar-refractivity contribution in [1.29, 1.82) is 0 Å². The van der Waals surface area contributed by atoms with Crippen LogP contribution in [0.3, 0.4) is 0 Å². The highest BCUT2D eigenvalue weighted by Crippen LogP contribution is 2.57. The first-order valence-electron chi connectivity index (χ1n) is 32.7. The van der Waals surface area contributed by atoms with Crippen LogP contribution in [0, 0.1) is 0 Å². The Bertz CT molecular complexity index is 4760. The predicted molar refractivity (Wildman–Crippen MR) is 374 cm³/mol. The number of furan rings is 2. The lowest BCUT2D eigenvalue weighted by Crippen LogP contribution is -2.62. The second kappa shape index (κ2) is 18.3. The zero-order valence-corrected chi connectivity index (χ0v) is 54.6. The van der Waals surface area contributed by atoms with Gasteiger partial charge in [0.05, 0.1) is 0 Å². The molecule has 0 atom stereocenters. The molecule has 16 rings (SSSR count). The summed E-state index contributed by atoms with van der Waals surface area (Å²) < 4.78 is 14.2. The minimum Gasteiger partial charge on any atom is -0.456 e. The highest BCUT2D eigenvalue weighted by Gasteiger charge is 2.50. The SMILES string of the molecule is CC(C)(C)c1ccc(N(c2cc3c4c(c2)N(c2ccc5c(c2)C(C)(C)CCC5(C)C)c2cc5c(cc2B4N(c2ccc4c(c2)C(C)(C)CCC4(C)C)c2ccc4c(oc6ccccc64)c2-3)C(C)(C)CCC5(C)C)c2ccc3c(c2)oc2ccccc23)cc1. The lowest BCUT2D eigenvalue weighted by molar-refractivity contribution is 0.332. The van der Waals surface area contributed by atoms with Crippen LogP contribution >= 0.6 is 0 Å². The number of nitrogens with zero attached hydrogens (tertiary/aromatic N) is 3. The maximum absolute atomic E-state index is 7.41. The Labute approximate surface area is 521 Å². The van der Waals surface area contributed by atoms with E-state index >= 15 is 0 Å². The van der Waals surface area contributed by atoms with Crippen LogP contribution in [0.1, 0.15) is 181 Å². The van der Waals surface area contributed by atoms with E-state index in [1.54, 1.807) is 0 Å². The molecule has 0 bridgehead atoms. The molecule has 0 N–H and O–H groups in total. The van der Waals surface area contributed by atoms with E-state index in [0.29, 0.717) is 0 Å². The van der Waals surface area contributed by atoms with E-state index in [-0.39, 0.29) is 44.8 Å². The molecule has 0 amide bonds. The van der Waals surface area contributed by atoms with Gasteiger partial charge in [-0.05, 0) is 223 Å². The summed E-state index contributed by atoms with van der Waals surface area (Å²) in [6.45, 7) is 36.4. The van der Waals surface area contributed by atoms with E-state index in [9.17, 15) is 0 Å². The summed E-state index contributed by atoms with van der Waals surface area (Å²) in [5, 5.41) is 4.48. The van der Waals surface area contributed by atoms with E-state index < -0.39 is 0 Å². The summed E-state index contributed by atoms with van der Waals surface area (Å²) in [4.78, 5) is 7.97. The third kappa shape index (κ3) is 8.11. The predicted octanol–water partition coefficient (Wildman–Crippen LogP) is 22.0. The van der Waals surface area contributed by atoms with Crippen LogP contribution in [-0.4, -0.2) is 6.85 Å². The van der Waals surface area contributed by atoms with Crippen molar-refractivity contribution in [3.05, 3.63) is 203 Å². The van der Waals surface area contributed by atoms with Crippen molar-refractivity contribution in [3.63, 3.8) is 0 Å². The van der Waals surface area contributed by atoms with Gasteiger partial charge in [0.25, 0.3) is 0 Å². The van der Waals surface area contributed by atoms with Crippen LogP contribution < -0.4 is 25.5 Å². The Kier molecular flexibility index (Phi) is 11.5. The fourth-order valence-electron chi connectivity index (χ4n) is 16.8. The number of benzene rings is 9. The number of rotatable bonds is 5. The molecule has 0 saturated heterocycles. The summed E-state index contributed by atoms with van der Waals surface area (Å²) in [5.74, 6) is 0. The van der Waals surface area contributed by atoms with Crippen molar-refractivity contribution >= 4 is 107 Å². The molecular weight excluding hydrogens is 1070 g/mol. The molecule has 0 unspecified atom stereocenters. The first kappa shape index (κ1) is 55.4. The van der Waals surface area contributed by atoms with Gasteiger partial charge in [0, 0.05) is 78.7 Å². The zero-order valence-electron chi connectivity index (χ0n) is 54.6. The minimum atomic E-state index is -0.219. The maximum Gasteiger partial charge on any atom is 0.333 e. The highest BCUT2D eigenvalue weighted by atomic mass is 16.3. The van der Waals surface area contributed by atoms with Crippen molar-refractivity contribution < 1.29 is 8.83 Å². The number of hydrogen-bond donors (Lipinski definition) is 0. The summed E-state index contributed by atoms with van der Waals surface area (Å²) in [5.41, 5.74) is 27.6. The lowest BCUT2D eigenvalue weighted by Gasteiger charge is -2.49. The molecule has 2 aliphatic heterocycles. The van der Waals surface area contributed by atoms with Gasteiger partial charge in [-0.25, -0.2) is 0 Å². The standard InChI is InChI=1S/C82H84BN3O2/c1-76(2,3)49-24-26-50(27-25-49)84(52-28-31-57-55-20-16-18-22-70(55)87-72(57)46-52)54-42-59-73-67(35-32-58-56-21-17-19-23-71(56)88-75(58)73)86(53-30-34-61-63(44-53)80(10,11)39-37-78(61,6)7)83-66-47-64-65(82(14,15)41-40-81(64,12)13)48-68(66)85(69(45-54)74(59)83)51-29-33-60-62(43-51)79(8,9)38-36-77(60,4)5/h16-35,42-48H,36-41H2,1-15H3.